The topological polar surface area (TPSA) is 50.8 Å². The van der Waals surface area contributed by atoms with Crippen LogP contribution in [0.3, 0.4) is 0 Å². The van der Waals surface area contributed by atoms with Crippen molar-refractivity contribution in [2.45, 2.75) is 64.5 Å². The Labute approximate surface area is 201 Å². The normalized spacial score (nSPS) is 18.2. The zero-order valence-corrected chi connectivity index (χ0v) is 20.4. The van der Waals surface area contributed by atoms with Crippen molar-refractivity contribution in [3.63, 3.8) is 0 Å². The predicted molar refractivity (Wildman–Crippen MR) is 135 cm³/mol. The van der Waals surface area contributed by atoms with E-state index in [1.54, 1.807) is 12.0 Å². The smallest absolute Gasteiger partial charge is 0.276 e. The molecule has 33 heavy (non-hydrogen) atoms. The number of carbonyl (C=O) groups excluding carboxylic acids is 1. The third-order valence-corrected chi connectivity index (χ3v) is 6.70. The van der Waals surface area contributed by atoms with E-state index in [2.05, 4.69) is 31.3 Å². The lowest BCUT2D eigenvalue weighted by molar-refractivity contribution is -0.124. The van der Waals surface area contributed by atoms with Gasteiger partial charge in [0.2, 0.25) is 0 Å². The number of rotatable bonds is 7. The van der Waals surface area contributed by atoms with E-state index in [1.165, 1.54) is 12.0 Å². The largest absolute Gasteiger partial charge is 0.496 e. The van der Waals surface area contributed by atoms with Crippen LogP contribution in [0.5, 0.6) is 11.5 Å². The van der Waals surface area contributed by atoms with Gasteiger partial charge in [-0.15, -0.1) is 0 Å². The molecular formula is C27H32N2O3S. The Hall–Kier alpha value is -2.86. The van der Waals surface area contributed by atoms with Gasteiger partial charge in [0.05, 0.1) is 7.11 Å². The fraction of sp³-hybridized carbons (Fsp3) is 0.407. The molecule has 0 aromatic heterocycles. The van der Waals surface area contributed by atoms with Crippen LogP contribution in [-0.2, 0) is 11.4 Å². The van der Waals surface area contributed by atoms with E-state index in [4.69, 9.17) is 21.7 Å². The molecule has 0 spiro atoms. The molecule has 0 unspecified atom stereocenters. The van der Waals surface area contributed by atoms with Gasteiger partial charge in [0.25, 0.3) is 5.91 Å². The molecule has 0 atom stereocenters. The van der Waals surface area contributed by atoms with Crippen LogP contribution in [0.4, 0.5) is 0 Å². The number of benzene rings is 2. The summed E-state index contributed by atoms with van der Waals surface area (Å²) in [5.41, 5.74) is 3.61. The summed E-state index contributed by atoms with van der Waals surface area (Å²) in [6, 6.07) is 14.2. The highest BCUT2D eigenvalue weighted by molar-refractivity contribution is 7.80. The monoisotopic (exact) mass is 464 g/mol. The minimum atomic E-state index is -0.0363. The van der Waals surface area contributed by atoms with Crippen molar-refractivity contribution >= 4 is 29.3 Å². The molecule has 2 aliphatic rings. The molecular weight excluding hydrogens is 432 g/mol. The van der Waals surface area contributed by atoms with Crippen LogP contribution in [-0.4, -0.2) is 29.1 Å². The number of thiocarbonyl (C=S) groups is 1. The molecule has 1 N–H and O–H groups in total. The minimum Gasteiger partial charge on any atom is -0.496 e. The summed E-state index contributed by atoms with van der Waals surface area (Å²) in [6.45, 7) is 4.71. The molecule has 1 amide bonds. The van der Waals surface area contributed by atoms with Crippen LogP contribution in [0.15, 0.2) is 48.2 Å². The highest BCUT2D eigenvalue weighted by atomic mass is 32.1. The van der Waals surface area contributed by atoms with Gasteiger partial charge in [-0.2, -0.15) is 0 Å². The van der Waals surface area contributed by atoms with Crippen LogP contribution in [0.25, 0.3) is 6.08 Å². The number of amides is 1. The Kier molecular flexibility index (Phi) is 7.33. The zero-order valence-electron chi connectivity index (χ0n) is 19.6. The first-order chi connectivity index (χ1) is 16.0. The molecule has 4 rings (SSSR count). The number of nitrogens with zero attached hydrogens (tertiary/aromatic N) is 1. The second kappa shape index (κ2) is 10.4. The standard InChI is InChI=1S/C27H32N2O3S/c1-18(2)20-10-12-23(13-11-20)32-17-21-15-19(9-14-25(21)31-3)16-24-26(30)29(27(33)28-24)22-7-5-4-6-8-22/h9-16,18,22H,4-8,17H2,1-3H3,(H,28,33)/b24-16+. The molecule has 1 heterocycles. The quantitative estimate of drug-likeness (QED) is 0.415. The van der Waals surface area contributed by atoms with Crippen molar-refractivity contribution in [1.82, 2.24) is 10.2 Å². The third kappa shape index (κ3) is 5.38. The molecule has 1 saturated heterocycles. The summed E-state index contributed by atoms with van der Waals surface area (Å²) in [5.74, 6) is 2.01. The van der Waals surface area contributed by atoms with Crippen LogP contribution in [0.2, 0.25) is 0 Å². The van der Waals surface area contributed by atoms with Crippen molar-refractivity contribution in [1.29, 1.82) is 0 Å². The average Bonchev–Trinajstić information content (AvgIpc) is 3.11. The summed E-state index contributed by atoms with van der Waals surface area (Å²) in [6.07, 6.45) is 7.43. The van der Waals surface area contributed by atoms with Gasteiger partial charge in [-0.25, -0.2) is 0 Å². The molecule has 5 nitrogen and oxygen atoms in total. The van der Waals surface area contributed by atoms with E-state index in [1.807, 2.05) is 36.4 Å². The van der Waals surface area contributed by atoms with Gasteiger partial charge in [0, 0.05) is 11.6 Å². The number of hydrogen-bond acceptors (Lipinski definition) is 4. The maximum atomic E-state index is 13.1. The van der Waals surface area contributed by atoms with Crippen LogP contribution in [0, 0.1) is 0 Å². The maximum Gasteiger partial charge on any atom is 0.276 e. The Morgan fingerprint density at radius 3 is 2.52 bits per heavy atom. The molecule has 2 aromatic rings. The molecule has 2 aromatic carbocycles. The highest BCUT2D eigenvalue weighted by Gasteiger charge is 2.36. The second-order valence-corrected chi connectivity index (χ2v) is 9.43. The fourth-order valence-corrected chi connectivity index (χ4v) is 4.84. The minimum absolute atomic E-state index is 0.0363. The number of nitrogens with one attached hydrogen (secondary N) is 1. The molecule has 1 aliphatic carbocycles. The number of hydrogen-bond donors (Lipinski definition) is 1. The van der Waals surface area contributed by atoms with Crippen molar-refractivity contribution in [2.24, 2.45) is 0 Å². The van der Waals surface area contributed by atoms with E-state index in [9.17, 15) is 4.79 Å². The van der Waals surface area contributed by atoms with E-state index in [0.29, 0.717) is 23.3 Å². The number of methoxy groups -OCH3 is 1. The van der Waals surface area contributed by atoms with E-state index >= 15 is 0 Å². The van der Waals surface area contributed by atoms with Crippen molar-refractivity contribution < 1.29 is 14.3 Å². The first-order valence-corrected chi connectivity index (χ1v) is 12.1. The predicted octanol–water partition coefficient (Wildman–Crippen LogP) is 5.79. The van der Waals surface area contributed by atoms with Crippen LogP contribution in [0.1, 0.15) is 68.6 Å². The maximum absolute atomic E-state index is 13.1. The number of carbonyl (C=O) groups is 1. The summed E-state index contributed by atoms with van der Waals surface area (Å²) >= 11 is 5.49. The molecule has 1 saturated carbocycles. The number of ether oxygens (including phenoxy) is 2. The third-order valence-electron chi connectivity index (χ3n) is 6.41. The molecule has 174 valence electrons. The van der Waals surface area contributed by atoms with Gasteiger partial charge in [-0.05, 0) is 72.4 Å². The second-order valence-electron chi connectivity index (χ2n) is 9.04. The van der Waals surface area contributed by atoms with E-state index in [0.717, 1.165) is 48.3 Å². The van der Waals surface area contributed by atoms with Crippen molar-refractivity contribution in [3.8, 4) is 11.5 Å². The Bertz CT molecular complexity index is 1040. The van der Waals surface area contributed by atoms with Gasteiger partial charge in [0.15, 0.2) is 5.11 Å². The Balaban J connectivity index is 1.49. The zero-order chi connectivity index (χ0) is 23.4. The summed E-state index contributed by atoms with van der Waals surface area (Å²) in [4.78, 5) is 14.8. The van der Waals surface area contributed by atoms with Gasteiger partial charge in [-0.1, -0.05) is 51.3 Å². The first-order valence-electron chi connectivity index (χ1n) is 11.7. The highest BCUT2D eigenvalue weighted by Crippen LogP contribution is 2.28. The van der Waals surface area contributed by atoms with Crippen LogP contribution >= 0.6 is 12.2 Å². The summed E-state index contributed by atoms with van der Waals surface area (Å²) in [5, 5.41) is 3.64. The Morgan fingerprint density at radius 1 is 1.12 bits per heavy atom. The van der Waals surface area contributed by atoms with Gasteiger partial charge in [-0.3, -0.25) is 9.69 Å². The van der Waals surface area contributed by atoms with E-state index < -0.39 is 0 Å². The fourth-order valence-electron chi connectivity index (χ4n) is 4.50. The molecule has 0 bridgehead atoms. The van der Waals surface area contributed by atoms with Crippen LogP contribution < -0.4 is 14.8 Å². The lowest BCUT2D eigenvalue weighted by Gasteiger charge is -2.29. The molecule has 0 radical (unpaired) electrons. The van der Waals surface area contributed by atoms with Gasteiger partial charge < -0.3 is 14.8 Å². The molecule has 1 aliphatic heterocycles. The summed E-state index contributed by atoms with van der Waals surface area (Å²) in [7, 11) is 1.65. The lowest BCUT2D eigenvalue weighted by Crippen LogP contribution is -2.41. The molecule has 2 fully saturated rings. The van der Waals surface area contributed by atoms with Crippen molar-refractivity contribution in [3.05, 3.63) is 64.9 Å². The Morgan fingerprint density at radius 2 is 1.85 bits per heavy atom. The van der Waals surface area contributed by atoms with Gasteiger partial charge in [0.1, 0.15) is 23.8 Å². The molecule has 6 heteroatoms. The lowest BCUT2D eigenvalue weighted by atomic mass is 9.94. The van der Waals surface area contributed by atoms with E-state index in [-0.39, 0.29) is 11.9 Å². The SMILES string of the molecule is COc1ccc(/C=C2/NC(=S)N(C3CCCCC3)C2=O)cc1COc1ccc(C(C)C)cc1. The van der Waals surface area contributed by atoms with Crippen molar-refractivity contribution in [2.75, 3.05) is 7.11 Å². The van der Waals surface area contributed by atoms with Gasteiger partial charge >= 0.3 is 0 Å². The average molecular weight is 465 g/mol. The first kappa shape index (κ1) is 23.3. The summed E-state index contributed by atoms with van der Waals surface area (Å²) < 4.78 is 11.5.